The monoisotopic (exact) mass is 262 g/mol. The molecule has 18 heavy (non-hydrogen) atoms. The summed E-state index contributed by atoms with van der Waals surface area (Å²) in [5, 5.41) is 0. The summed E-state index contributed by atoms with van der Waals surface area (Å²) < 4.78 is 5.81. The third-order valence-electron chi connectivity index (χ3n) is 2.56. The summed E-state index contributed by atoms with van der Waals surface area (Å²) in [6.07, 6.45) is 4.24. The van der Waals surface area contributed by atoms with Gasteiger partial charge >= 0.3 is 0 Å². The van der Waals surface area contributed by atoms with Gasteiger partial charge in [0, 0.05) is 17.8 Å². The maximum Gasteiger partial charge on any atom is 0.148 e. The second kappa shape index (κ2) is 5.83. The molecule has 0 aliphatic rings. The van der Waals surface area contributed by atoms with E-state index in [1.807, 2.05) is 25.1 Å². The zero-order valence-electron chi connectivity index (χ0n) is 10.5. The molecule has 0 radical (unpaired) electrons. The van der Waals surface area contributed by atoms with E-state index in [2.05, 4.69) is 16.9 Å². The fourth-order valence-electron chi connectivity index (χ4n) is 1.66. The van der Waals surface area contributed by atoms with Crippen molar-refractivity contribution in [3.8, 4) is 11.5 Å². The topological polar surface area (TPSA) is 35.0 Å². The Morgan fingerprint density at radius 1 is 1.28 bits per heavy atom. The highest BCUT2D eigenvalue weighted by atomic mass is 35.5. The van der Waals surface area contributed by atoms with E-state index in [4.69, 9.17) is 16.3 Å². The Morgan fingerprint density at radius 3 is 2.83 bits per heavy atom. The molecule has 94 valence electrons. The van der Waals surface area contributed by atoms with Crippen molar-refractivity contribution in [1.29, 1.82) is 0 Å². The van der Waals surface area contributed by atoms with E-state index in [0.29, 0.717) is 11.6 Å². The maximum atomic E-state index is 5.81. The minimum Gasteiger partial charge on any atom is -0.454 e. The number of pyridine rings is 2. The molecule has 4 heteroatoms. The zero-order chi connectivity index (χ0) is 13.0. The highest BCUT2D eigenvalue weighted by Gasteiger charge is 2.06. The Bertz CT molecular complexity index is 543. The number of halogens is 1. The molecular formula is C14H15ClN2O. The summed E-state index contributed by atoms with van der Waals surface area (Å²) in [6.45, 7) is 4.03. The molecule has 0 aromatic carbocycles. The second-order valence-corrected chi connectivity index (χ2v) is 4.28. The van der Waals surface area contributed by atoms with Crippen LogP contribution in [-0.2, 0) is 12.3 Å². The molecule has 0 saturated heterocycles. The third kappa shape index (κ3) is 2.99. The van der Waals surface area contributed by atoms with Gasteiger partial charge in [0.15, 0.2) is 0 Å². The van der Waals surface area contributed by atoms with Gasteiger partial charge < -0.3 is 4.74 Å². The van der Waals surface area contributed by atoms with E-state index in [1.165, 1.54) is 0 Å². The molecule has 0 spiro atoms. The van der Waals surface area contributed by atoms with Crippen LogP contribution in [0.25, 0.3) is 0 Å². The van der Waals surface area contributed by atoms with Crippen LogP contribution in [0.3, 0.4) is 0 Å². The molecule has 2 aromatic heterocycles. The van der Waals surface area contributed by atoms with Crippen LogP contribution in [-0.4, -0.2) is 9.97 Å². The predicted molar refractivity (Wildman–Crippen MR) is 72.2 cm³/mol. The first-order valence-electron chi connectivity index (χ1n) is 5.87. The van der Waals surface area contributed by atoms with E-state index in [-0.39, 0.29) is 0 Å². The van der Waals surface area contributed by atoms with Crippen molar-refractivity contribution in [2.24, 2.45) is 0 Å². The number of rotatable bonds is 4. The lowest BCUT2D eigenvalue weighted by Gasteiger charge is -2.10. The molecule has 0 N–H and O–H groups in total. The van der Waals surface area contributed by atoms with Gasteiger partial charge in [0.05, 0.1) is 11.9 Å². The van der Waals surface area contributed by atoms with Crippen LogP contribution in [0, 0.1) is 6.92 Å². The number of hydrogen-bond donors (Lipinski definition) is 0. The lowest BCUT2D eigenvalue weighted by atomic mass is 10.2. The average molecular weight is 263 g/mol. The quantitative estimate of drug-likeness (QED) is 0.785. The smallest absolute Gasteiger partial charge is 0.148 e. The minimum atomic E-state index is 0.428. The standard InChI is InChI=1S/C14H15ClN2O/c1-3-13-14(5-4-10(2)17-13)18-12-6-11(7-15)8-16-9-12/h4-6,8-9H,3,7H2,1-2H3. The Hall–Kier alpha value is -1.61. The van der Waals surface area contributed by atoms with E-state index in [1.54, 1.807) is 12.4 Å². The molecule has 2 aromatic rings. The molecular weight excluding hydrogens is 248 g/mol. The first-order valence-corrected chi connectivity index (χ1v) is 6.40. The number of aryl methyl sites for hydroxylation is 2. The normalized spacial score (nSPS) is 10.4. The fourth-order valence-corrected chi connectivity index (χ4v) is 1.81. The van der Waals surface area contributed by atoms with Crippen molar-refractivity contribution >= 4 is 11.6 Å². The summed E-state index contributed by atoms with van der Waals surface area (Å²) in [5.74, 6) is 1.89. The number of hydrogen-bond acceptors (Lipinski definition) is 3. The van der Waals surface area contributed by atoms with Crippen molar-refractivity contribution in [3.05, 3.63) is 47.5 Å². The third-order valence-corrected chi connectivity index (χ3v) is 2.87. The van der Waals surface area contributed by atoms with Gasteiger partial charge in [0.2, 0.25) is 0 Å². The van der Waals surface area contributed by atoms with E-state index in [9.17, 15) is 0 Å². The highest BCUT2D eigenvalue weighted by molar-refractivity contribution is 6.17. The summed E-state index contributed by atoms with van der Waals surface area (Å²) in [5.41, 5.74) is 2.88. The fraction of sp³-hybridized carbons (Fsp3) is 0.286. The molecule has 0 unspecified atom stereocenters. The molecule has 0 atom stereocenters. The molecule has 2 rings (SSSR count). The van der Waals surface area contributed by atoms with Crippen molar-refractivity contribution < 1.29 is 4.74 Å². The first-order chi connectivity index (χ1) is 8.72. The number of aromatic nitrogens is 2. The Labute approximate surface area is 112 Å². The molecule has 0 aliphatic heterocycles. The number of ether oxygens (including phenoxy) is 1. The van der Waals surface area contributed by atoms with Gasteiger partial charge in [-0.25, -0.2) is 0 Å². The SMILES string of the molecule is CCc1nc(C)ccc1Oc1cncc(CCl)c1. The van der Waals surface area contributed by atoms with Gasteiger partial charge in [0.1, 0.15) is 11.5 Å². The van der Waals surface area contributed by atoms with E-state index < -0.39 is 0 Å². The summed E-state index contributed by atoms with van der Waals surface area (Å²) in [6, 6.07) is 5.77. The lowest BCUT2D eigenvalue weighted by Crippen LogP contribution is -1.96. The van der Waals surface area contributed by atoms with Crippen LogP contribution >= 0.6 is 11.6 Å². The van der Waals surface area contributed by atoms with Crippen molar-refractivity contribution in [1.82, 2.24) is 9.97 Å². The van der Waals surface area contributed by atoms with Crippen molar-refractivity contribution in [2.45, 2.75) is 26.1 Å². The van der Waals surface area contributed by atoms with Gasteiger partial charge in [-0.3, -0.25) is 9.97 Å². The van der Waals surface area contributed by atoms with Crippen LogP contribution in [0.4, 0.5) is 0 Å². The molecule has 0 aliphatic carbocycles. The van der Waals surface area contributed by atoms with Gasteiger partial charge in [-0.05, 0) is 37.1 Å². The van der Waals surface area contributed by atoms with Crippen LogP contribution in [0.15, 0.2) is 30.6 Å². The van der Waals surface area contributed by atoms with E-state index >= 15 is 0 Å². The van der Waals surface area contributed by atoms with Gasteiger partial charge in [-0.15, -0.1) is 11.6 Å². The Morgan fingerprint density at radius 2 is 2.11 bits per heavy atom. The number of nitrogens with zero attached hydrogens (tertiary/aromatic N) is 2. The van der Waals surface area contributed by atoms with Crippen LogP contribution < -0.4 is 4.74 Å². The Balaban J connectivity index is 2.27. The predicted octanol–water partition coefficient (Wildman–Crippen LogP) is 3.88. The van der Waals surface area contributed by atoms with Crippen molar-refractivity contribution in [2.75, 3.05) is 0 Å². The van der Waals surface area contributed by atoms with Gasteiger partial charge in [0.25, 0.3) is 0 Å². The van der Waals surface area contributed by atoms with Crippen LogP contribution in [0.1, 0.15) is 23.9 Å². The van der Waals surface area contributed by atoms with E-state index in [0.717, 1.165) is 29.1 Å². The minimum absolute atomic E-state index is 0.428. The maximum absolute atomic E-state index is 5.81. The molecule has 3 nitrogen and oxygen atoms in total. The Kier molecular flexibility index (Phi) is 4.15. The average Bonchev–Trinajstić information content (AvgIpc) is 2.41. The molecule has 0 amide bonds. The van der Waals surface area contributed by atoms with Crippen LogP contribution in [0.2, 0.25) is 0 Å². The molecule has 0 fully saturated rings. The van der Waals surface area contributed by atoms with Gasteiger partial charge in [-0.1, -0.05) is 6.92 Å². The van der Waals surface area contributed by atoms with Crippen LogP contribution in [0.5, 0.6) is 11.5 Å². The highest BCUT2D eigenvalue weighted by Crippen LogP contribution is 2.25. The lowest BCUT2D eigenvalue weighted by molar-refractivity contribution is 0.470. The summed E-state index contributed by atoms with van der Waals surface area (Å²) in [4.78, 5) is 8.55. The number of alkyl halides is 1. The molecule has 0 saturated carbocycles. The molecule has 0 bridgehead atoms. The summed E-state index contributed by atoms with van der Waals surface area (Å²) >= 11 is 5.77. The van der Waals surface area contributed by atoms with Crippen molar-refractivity contribution in [3.63, 3.8) is 0 Å². The largest absolute Gasteiger partial charge is 0.454 e. The second-order valence-electron chi connectivity index (χ2n) is 4.02. The molecule has 2 heterocycles. The van der Waals surface area contributed by atoms with Gasteiger partial charge in [-0.2, -0.15) is 0 Å². The first kappa shape index (κ1) is 12.8. The summed E-state index contributed by atoms with van der Waals surface area (Å²) in [7, 11) is 0. The zero-order valence-corrected chi connectivity index (χ0v) is 11.2.